The summed E-state index contributed by atoms with van der Waals surface area (Å²) in [6.45, 7) is 0. The van der Waals surface area contributed by atoms with Gasteiger partial charge in [0.25, 0.3) is 0 Å². The highest BCUT2D eigenvalue weighted by molar-refractivity contribution is 6.33. The van der Waals surface area contributed by atoms with E-state index < -0.39 is 11.6 Å². The lowest BCUT2D eigenvalue weighted by Gasteiger charge is -1.96. The summed E-state index contributed by atoms with van der Waals surface area (Å²) in [5, 5.41) is 4.49. The van der Waals surface area contributed by atoms with E-state index in [4.69, 9.17) is 17.3 Å². The van der Waals surface area contributed by atoms with Gasteiger partial charge in [-0.1, -0.05) is 11.6 Å². The summed E-state index contributed by atoms with van der Waals surface area (Å²) < 4.78 is 27.5. The highest BCUT2D eigenvalue weighted by Crippen LogP contribution is 2.23. The van der Waals surface area contributed by atoms with Gasteiger partial charge in [-0.25, -0.2) is 18.3 Å². The molecule has 19 heavy (non-hydrogen) atoms. The molecule has 96 valence electrons. The highest BCUT2D eigenvalue weighted by atomic mass is 35.5. The summed E-state index contributed by atoms with van der Waals surface area (Å²) in [5.74, 6) is -1.60. The molecule has 2 aromatic heterocycles. The molecular weight excluding hydrogens is 274 g/mol. The van der Waals surface area contributed by atoms with E-state index in [9.17, 15) is 8.78 Å². The molecule has 4 nitrogen and oxygen atoms in total. The number of hydrogen-bond acceptors (Lipinski definition) is 3. The number of benzene rings is 1. The lowest BCUT2D eigenvalue weighted by atomic mass is 10.2. The monoisotopic (exact) mass is 280 g/mol. The summed E-state index contributed by atoms with van der Waals surface area (Å²) in [4.78, 5) is 4.18. The number of aromatic nitrogens is 3. The summed E-state index contributed by atoms with van der Waals surface area (Å²) in [7, 11) is 0. The second kappa shape index (κ2) is 4.17. The molecule has 3 aromatic rings. The largest absolute Gasteiger partial charge is 0.396 e. The Hall–Kier alpha value is -2.21. The maximum atomic E-state index is 13.2. The zero-order chi connectivity index (χ0) is 13.6. The fourth-order valence-electron chi connectivity index (χ4n) is 1.68. The van der Waals surface area contributed by atoms with Gasteiger partial charge in [0.1, 0.15) is 0 Å². The topological polar surface area (TPSA) is 56.2 Å². The molecule has 3 rings (SSSR count). The van der Waals surface area contributed by atoms with E-state index in [1.54, 1.807) is 6.07 Å². The van der Waals surface area contributed by atoms with Crippen LogP contribution in [-0.2, 0) is 0 Å². The minimum atomic E-state index is -0.950. The van der Waals surface area contributed by atoms with Gasteiger partial charge in [-0.05, 0) is 18.2 Å². The Balaban J connectivity index is 2.17. The van der Waals surface area contributed by atoms with Crippen LogP contribution in [0.5, 0.6) is 0 Å². The van der Waals surface area contributed by atoms with Crippen molar-refractivity contribution in [1.82, 2.24) is 14.6 Å². The zero-order valence-corrected chi connectivity index (χ0v) is 10.2. The number of nitrogen functional groups attached to an aromatic ring is 1. The molecule has 0 spiro atoms. The lowest BCUT2D eigenvalue weighted by molar-refractivity contribution is 0.509. The number of fused-ring (bicyclic) bond motifs is 1. The van der Waals surface area contributed by atoms with Gasteiger partial charge in [-0.15, -0.1) is 5.10 Å². The van der Waals surface area contributed by atoms with Gasteiger partial charge >= 0.3 is 0 Å². The van der Waals surface area contributed by atoms with Gasteiger partial charge < -0.3 is 5.73 Å². The Morgan fingerprint density at radius 3 is 2.68 bits per heavy atom. The number of hydrogen-bond donors (Lipinski definition) is 1. The SMILES string of the molecule is Nc1cn2nc(-c3ccc(F)c(F)c3)nc2cc1Cl. The van der Waals surface area contributed by atoms with Crippen LogP contribution in [0.2, 0.25) is 5.02 Å². The van der Waals surface area contributed by atoms with E-state index in [2.05, 4.69) is 10.1 Å². The Morgan fingerprint density at radius 1 is 1.16 bits per heavy atom. The molecular formula is C12H7ClF2N4. The maximum absolute atomic E-state index is 13.2. The van der Waals surface area contributed by atoms with Gasteiger partial charge in [0, 0.05) is 11.6 Å². The van der Waals surface area contributed by atoms with Crippen LogP contribution in [-0.4, -0.2) is 14.6 Å². The summed E-state index contributed by atoms with van der Waals surface area (Å²) in [6.07, 6.45) is 1.51. The van der Waals surface area contributed by atoms with Gasteiger partial charge in [0.05, 0.1) is 16.9 Å². The first-order chi connectivity index (χ1) is 9.04. The summed E-state index contributed by atoms with van der Waals surface area (Å²) in [5.41, 5.74) is 6.85. The molecule has 2 heterocycles. The van der Waals surface area contributed by atoms with Gasteiger partial charge in [-0.2, -0.15) is 0 Å². The fourth-order valence-corrected chi connectivity index (χ4v) is 1.82. The summed E-state index contributed by atoms with van der Waals surface area (Å²) >= 11 is 5.87. The van der Waals surface area contributed by atoms with E-state index in [0.717, 1.165) is 12.1 Å². The zero-order valence-electron chi connectivity index (χ0n) is 9.44. The third-order valence-electron chi connectivity index (χ3n) is 2.63. The molecule has 0 aliphatic rings. The van der Waals surface area contributed by atoms with Crippen molar-refractivity contribution in [3.63, 3.8) is 0 Å². The highest BCUT2D eigenvalue weighted by Gasteiger charge is 2.11. The van der Waals surface area contributed by atoms with Crippen LogP contribution in [0.1, 0.15) is 0 Å². The van der Waals surface area contributed by atoms with Crippen molar-refractivity contribution in [1.29, 1.82) is 0 Å². The van der Waals surface area contributed by atoms with E-state index in [-0.39, 0.29) is 5.82 Å². The number of anilines is 1. The smallest absolute Gasteiger partial charge is 0.182 e. The maximum Gasteiger partial charge on any atom is 0.182 e. The van der Waals surface area contributed by atoms with Crippen LogP contribution in [0.25, 0.3) is 17.0 Å². The van der Waals surface area contributed by atoms with Gasteiger partial charge in [-0.3, -0.25) is 0 Å². The molecule has 0 fully saturated rings. The number of nitrogens with two attached hydrogens (primary N) is 1. The molecule has 0 radical (unpaired) electrons. The van der Waals surface area contributed by atoms with Crippen molar-refractivity contribution in [3.05, 3.63) is 47.1 Å². The van der Waals surface area contributed by atoms with Gasteiger partial charge in [0.2, 0.25) is 0 Å². The number of pyridine rings is 1. The third kappa shape index (κ3) is 2.00. The minimum absolute atomic E-state index is 0.264. The van der Waals surface area contributed by atoms with Crippen LogP contribution >= 0.6 is 11.6 Å². The van der Waals surface area contributed by atoms with E-state index in [1.807, 2.05) is 0 Å². The summed E-state index contributed by atoms with van der Waals surface area (Å²) in [6, 6.07) is 5.01. The predicted octanol–water partition coefficient (Wildman–Crippen LogP) is 2.91. The molecule has 1 aromatic carbocycles. The van der Waals surface area contributed by atoms with Crippen molar-refractivity contribution >= 4 is 22.9 Å². The molecule has 2 N–H and O–H groups in total. The molecule has 7 heteroatoms. The van der Waals surface area contributed by atoms with Crippen molar-refractivity contribution < 1.29 is 8.78 Å². The first-order valence-corrected chi connectivity index (χ1v) is 5.69. The van der Waals surface area contributed by atoms with E-state index >= 15 is 0 Å². The van der Waals surface area contributed by atoms with E-state index in [1.165, 1.54) is 16.8 Å². The number of rotatable bonds is 1. The minimum Gasteiger partial charge on any atom is -0.396 e. The standard InChI is InChI=1S/C12H7ClF2N4/c13-7-4-11-17-12(18-19(11)5-10(7)16)6-1-2-8(14)9(15)3-6/h1-5H,16H2. The first-order valence-electron chi connectivity index (χ1n) is 5.31. The molecule has 0 bridgehead atoms. The van der Waals surface area contributed by atoms with Crippen LogP contribution in [0.3, 0.4) is 0 Å². The molecule has 0 unspecified atom stereocenters. The van der Waals surface area contributed by atoms with E-state index in [0.29, 0.717) is 21.9 Å². The van der Waals surface area contributed by atoms with Crippen LogP contribution in [0.15, 0.2) is 30.5 Å². The molecule has 0 aliphatic heterocycles. The average Bonchev–Trinajstić information content (AvgIpc) is 2.76. The van der Waals surface area contributed by atoms with Crippen molar-refractivity contribution in [2.45, 2.75) is 0 Å². The molecule has 0 amide bonds. The van der Waals surface area contributed by atoms with Crippen LogP contribution < -0.4 is 5.73 Å². The molecule has 0 aliphatic carbocycles. The van der Waals surface area contributed by atoms with Crippen LogP contribution in [0.4, 0.5) is 14.5 Å². The fraction of sp³-hybridized carbons (Fsp3) is 0. The Bertz CT molecular complexity index is 746. The quantitative estimate of drug-likeness (QED) is 0.746. The Labute approximate surface area is 111 Å². The van der Waals surface area contributed by atoms with Crippen molar-refractivity contribution in [2.24, 2.45) is 0 Å². The Kier molecular flexibility index (Phi) is 2.60. The number of halogens is 3. The van der Waals surface area contributed by atoms with Crippen LogP contribution in [0, 0.1) is 11.6 Å². The third-order valence-corrected chi connectivity index (χ3v) is 2.96. The Morgan fingerprint density at radius 2 is 1.95 bits per heavy atom. The normalized spacial score (nSPS) is 11.1. The molecule has 0 atom stereocenters. The van der Waals surface area contributed by atoms with Crippen molar-refractivity contribution in [2.75, 3.05) is 5.73 Å². The van der Waals surface area contributed by atoms with Crippen molar-refractivity contribution in [3.8, 4) is 11.4 Å². The second-order valence-electron chi connectivity index (χ2n) is 3.94. The van der Waals surface area contributed by atoms with Gasteiger partial charge in [0.15, 0.2) is 23.1 Å². The average molecular weight is 281 g/mol. The lowest BCUT2D eigenvalue weighted by Crippen LogP contribution is -1.93. The molecule has 0 saturated heterocycles. The predicted molar refractivity (Wildman–Crippen MR) is 67.8 cm³/mol. The second-order valence-corrected chi connectivity index (χ2v) is 4.35. The first kappa shape index (κ1) is 11.9. The molecule has 0 saturated carbocycles. The number of nitrogens with zero attached hydrogens (tertiary/aromatic N) is 3.